The zero-order valence-electron chi connectivity index (χ0n) is 16.5. The first-order chi connectivity index (χ1) is 13.0. The van der Waals surface area contributed by atoms with Crippen LogP contribution >= 0.6 is 0 Å². The van der Waals surface area contributed by atoms with E-state index in [1.165, 1.54) is 12.0 Å². The average molecular weight is 394 g/mol. The highest BCUT2D eigenvalue weighted by Gasteiger charge is 2.28. The molecule has 0 fully saturated rings. The quantitative estimate of drug-likeness (QED) is 0.665. The lowest BCUT2D eigenvalue weighted by Crippen LogP contribution is -2.47. The average Bonchev–Trinajstić information content (AvgIpc) is 2.59. The standard InChI is InChI=1S/C19H26N2O7/c1-19(2,3)28-18(26)21(12-16(23)24)11-15(22)20(13-17(25)27-4)10-14-8-6-5-7-9-14/h5-9H,10-13H2,1-4H3,(H,23,24). The van der Waals surface area contributed by atoms with Crippen LogP contribution in [0.3, 0.4) is 0 Å². The Hall–Kier alpha value is -3.10. The van der Waals surface area contributed by atoms with Crippen molar-refractivity contribution >= 4 is 23.9 Å². The molecule has 0 bridgehead atoms. The van der Waals surface area contributed by atoms with Crippen molar-refractivity contribution < 1.29 is 33.8 Å². The number of carbonyl (C=O) groups is 4. The number of esters is 1. The molecule has 1 N–H and O–H groups in total. The van der Waals surface area contributed by atoms with E-state index in [1.807, 2.05) is 6.07 Å². The predicted molar refractivity (Wildman–Crippen MR) is 99.3 cm³/mol. The minimum atomic E-state index is -1.29. The molecule has 0 aromatic heterocycles. The number of aliphatic carboxylic acids is 1. The maximum absolute atomic E-state index is 12.7. The second-order valence-corrected chi connectivity index (χ2v) is 7.04. The summed E-state index contributed by atoms with van der Waals surface area (Å²) in [7, 11) is 1.20. The Morgan fingerprint density at radius 2 is 1.57 bits per heavy atom. The highest BCUT2D eigenvalue weighted by atomic mass is 16.6. The van der Waals surface area contributed by atoms with Gasteiger partial charge in [-0.15, -0.1) is 0 Å². The third kappa shape index (κ3) is 8.52. The van der Waals surface area contributed by atoms with Crippen LogP contribution in [0.5, 0.6) is 0 Å². The first kappa shape index (κ1) is 22.9. The Kier molecular flexibility index (Phi) is 8.43. The van der Waals surface area contributed by atoms with Gasteiger partial charge in [0.2, 0.25) is 5.91 Å². The van der Waals surface area contributed by atoms with E-state index < -0.39 is 42.6 Å². The maximum Gasteiger partial charge on any atom is 0.411 e. The number of hydrogen-bond acceptors (Lipinski definition) is 6. The third-order valence-corrected chi connectivity index (χ3v) is 3.42. The van der Waals surface area contributed by atoms with Crippen molar-refractivity contribution in [3.05, 3.63) is 35.9 Å². The van der Waals surface area contributed by atoms with E-state index in [0.717, 1.165) is 10.5 Å². The van der Waals surface area contributed by atoms with Crippen molar-refractivity contribution in [2.75, 3.05) is 26.7 Å². The summed E-state index contributed by atoms with van der Waals surface area (Å²) in [4.78, 5) is 49.8. The number of rotatable bonds is 8. The Bertz CT molecular complexity index is 698. The van der Waals surface area contributed by atoms with Crippen molar-refractivity contribution in [3.63, 3.8) is 0 Å². The molecule has 9 nitrogen and oxygen atoms in total. The summed E-state index contributed by atoms with van der Waals surface area (Å²) in [5.74, 6) is -2.53. The Morgan fingerprint density at radius 1 is 0.964 bits per heavy atom. The van der Waals surface area contributed by atoms with Crippen LogP contribution in [0.25, 0.3) is 0 Å². The van der Waals surface area contributed by atoms with Crippen molar-refractivity contribution in [2.24, 2.45) is 0 Å². The molecule has 28 heavy (non-hydrogen) atoms. The summed E-state index contributed by atoms with van der Waals surface area (Å²) in [5, 5.41) is 9.05. The number of carbonyl (C=O) groups excluding carboxylic acids is 3. The molecule has 0 saturated carbocycles. The Labute approximate surface area is 163 Å². The first-order valence-corrected chi connectivity index (χ1v) is 8.60. The lowest BCUT2D eigenvalue weighted by Gasteiger charge is -2.28. The van der Waals surface area contributed by atoms with Gasteiger partial charge in [0, 0.05) is 6.54 Å². The summed E-state index contributed by atoms with van der Waals surface area (Å²) in [5.41, 5.74) is -0.0890. The number of carboxylic acids is 1. The van der Waals surface area contributed by atoms with Gasteiger partial charge in [0.05, 0.1) is 7.11 Å². The molecular formula is C19H26N2O7. The maximum atomic E-state index is 12.7. The lowest BCUT2D eigenvalue weighted by atomic mass is 10.2. The molecule has 2 amide bonds. The number of hydrogen-bond donors (Lipinski definition) is 1. The molecule has 0 aliphatic carbocycles. The van der Waals surface area contributed by atoms with Gasteiger partial charge in [0.1, 0.15) is 25.2 Å². The summed E-state index contributed by atoms with van der Waals surface area (Å²) >= 11 is 0. The molecule has 0 atom stereocenters. The number of benzene rings is 1. The zero-order valence-corrected chi connectivity index (χ0v) is 16.5. The summed E-state index contributed by atoms with van der Waals surface area (Å²) in [6.07, 6.45) is -0.930. The minimum absolute atomic E-state index is 0.101. The molecule has 0 unspecified atom stereocenters. The van der Waals surface area contributed by atoms with Crippen LogP contribution < -0.4 is 0 Å². The van der Waals surface area contributed by atoms with E-state index in [1.54, 1.807) is 45.0 Å². The molecule has 0 saturated heterocycles. The van der Waals surface area contributed by atoms with Gasteiger partial charge in [-0.2, -0.15) is 0 Å². The van der Waals surface area contributed by atoms with Crippen LogP contribution in [0.2, 0.25) is 0 Å². The minimum Gasteiger partial charge on any atom is -0.480 e. The number of ether oxygens (including phenoxy) is 2. The van der Waals surface area contributed by atoms with Crippen LogP contribution in [0, 0.1) is 0 Å². The fourth-order valence-corrected chi connectivity index (χ4v) is 2.19. The Balaban J connectivity index is 2.97. The van der Waals surface area contributed by atoms with Crippen molar-refractivity contribution in [2.45, 2.75) is 32.9 Å². The lowest BCUT2D eigenvalue weighted by molar-refractivity contribution is -0.148. The highest BCUT2D eigenvalue weighted by Crippen LogP contribution is 2.11. The highest BCUT2D eigenvalue weighted by molar-refractivity contribution is 5.87. The van der Waals surface area contributed by atoms with Gasteiger partial charge >= 0.3 is 18.0 Å². The van der Waals surface area contributed by atoms with Crippen molar-refractivity contribution in [1.29, 1.82) is 0 Å². The van der Waals surface area contributed by atoms with Crippen LogP contribution in [-0.4, -0.2) is 71.2 Å². The molecule has 0 aliphatic heterocycles. The van der Waals surface area contributed by atoms with Crippen molar-refractivity contribution in [1.82, 2.24) is 9.80 Å². The van der Waals surface area contributed by atoms with Gasteiger partial charge in [-0.1, -0.05) is 30.3 Å². The molecule has 0 radical (unpaired) electrons. The third-order valence-electron chi connectivity index (χ3n) is 3.42. The summed E-state index contributed by atoms with van der Waals surface area (Å²) in [6, 6.07) is 8.94. The van der Waals surface area contributed by atoms with E-state index in [0.29, 0.717) is 0 Å². The van der Waals surface area contributed by atoms with Gasteiger partial charge in [-0.05, 0) is 26.3 Å². The van der Waals surface area contributed by atoms with Gasteiger partial charge in [0.25, 0.3) is 0 Å². The van der Waals surface area contributed by atoms with Gasteiger partial charge < -0.3 is 19.5 Å². The second-order valence-electron chi connectivity index (χ2n) is 7.04. The number of methoxy groups -OCH3 is 1. The van der Waals surface area contributed by atoms with E-state index in [4.69, 9.17) is 9.84 Å². The topological polar surface area (TPSA) is 113 Å². The fourth-order valence-electron chi connectivity index (χ4n) is 2.19. The molecule has 0 heterocycles. The Morgan fingerprint density at radius 3 is 2.07 bits per heavy atom. The molecule has 0 aliphatic rings. The van der Waals surface area contributed by atoms with Gasteiger partial charge in [-0.3, -0.25) is 19.3 Å². The van der Waals surface area contributed by atoms with Crippen LogP contribution in [0.1, 0.15) is 26.3 Å². The SMILES string of the molecule is COC(=O)CN(Cc1ccccc1)C(=O)CN(CC(=O)O)C(=O)OC(C)(C)C. The van der Waals surface area contributed by atoms with Gasteiger partial charge in [-0.25, -0.2) is 4.79 Å². The molecule has 1 aromatic rings. The number of amides is 2. The monoisotopic (exact) mass is 394 g/mol. The summed E-state index contributed by atoms with van der Waals surface area (Å²) < 4.78 is 9.78. The van der Waals surface area contributed by atoms with E-state index >= 15 is 0 Å². The molecular weight excluding hydrogens is 368 g/mol. The zero-order chi connectivity index (χ0) is 21.3. The first-order valence-electron chi connectivity index (χ1n) is 8.60. The van der Waals surface area contributed by atoms with E-state index in [2.05, 4.69) is 4.74 Å². The molecule has 0 spiro atoms. The largest absolute Gasteiger partial charge is 0.480 e. The molecule has 154 valence electrons. The van der Waals surface area contributed by atoms with Crippen molar-refractivity contribution in [3.8, 4) is 0 Å². The predicted octanol–water partition coefficient (Wildman–Crippen LogP) is 1.51. The second kappa shape index (κ2) is 10.3. The van der Waals surface area contributed by atoms with E-state index in [9.17, 15) is 19.2 Å². The number of carboxylic acid groups (broad SMARTS) is 1. The van der Waals surface area contributed by atoms with Crippen LogP contribution in [0.4, 0.5) is 4.79 Å². The normalized spacial score (nSPS) is 10.7. The molecule has 9 heteroatoms. The number of nitrogens with zero attached hydrogens (tertiary/aromatic N) is 2. The molecule has 1 aromatic carbocycles. The van der Waals surface area contributed by atoms with Crippen LogP contribution in [-0.2, 0) is 30.4 Å². The smallest absolute Gasteiger partial charge is 0.411 e. The fraction of sp³-hybridized carbons (Fsp3) is 0.474. The van der Waals surface area contributed by atoms with Crippen LogP contribution in [0.15, 0.2) is 30.3 Å². The summed E-state index contributed by atoms with van der Waals surface area (Å²) in [6.45, 7) is 3.40. The van der Waals surface area contributed by atoms with Gasteiger partial charge in [0.15, 0.2) is 0 Å². The van der Waals surface area contributed by atoms with E-state index in [-0.39, 0.29) is 13.1 Å². The molecule has 1 rings (SSSR count).